The van der Waals surface area contributed by atoms with Gasteiger partial charge in [0.1, 0.15) is 4.21 Å². The molecule has 0 atom stereocenters. The summed E-state index contributed by atoms with van der Waals surface area (Å²) in [6.45, 7) is 2.52. The zero-order valence-corrected chi connectivity index (χ0v) is 18.1. The lowest BCUT2D eigenvalue weighted by atomic mass is 10.2. The molecule has 0 spiro atoms. The van der Waals surface area contributed by atoms with E-state index in [-0.39, 0.29) is 18.4 Å². The number of nitrogens with one attached hydrogen (secondary N) is 1. The van der Waals surface area contributed by atoms with Crippen LogP contribution in [0.2, 0.25) is 0 Å². The van der Waals surface area contributed by atoms with Crippen molar-refractivity contribution in [2.75, 3.05) is 49.5 Å². The van der Waals surface area contributed by atoms with Crippen molar-refractivity contribution in [2.24, 2.45) is 0 Å². The number of carbonyl (C=O) groups excluding carboxylic acids is 2. The van der Waals surface area contributed by atoms with Gasteiger partial charge in [-0.25, -0.2) is 8.42 Å². The van der Waals surface area contributed by atoms with Crippen molar-refractivity contribution in [3.05, 3.63) is 41.8 Å². The second kappa shape index (κ2) is 8.84. The third-order valence-electron chi connectivity index (χ3n) is 5.33. The van der Waals surface area contributed by atoms with Crippen molar-refractivity contribution in [1.29, 1.82) is 0 Å². The fraction of sp³-hybridized carbons (Fsp3) is 0.400. The average molecular weight is 449 g/mol. The maximum atomic E-state index is 12.6. The van der Waals surface area contributed by atoms with Gasteiger partial charge >= 0.3 is 0 Å². The maximum absolute atomic E-state index is 12.6. The van der Waals surface area contributed by atoms with Gasteiger partial charge in [-0.1, -0.05) is 18.2 Å². The summed E-state index contributed by atoms with van der Waals surface area (Å²) in [5, 5.41) is 4.67. The van der Waals surface area contributed by atoms with Gasteiger partial charge in [-0.3, -0.25) is 14.5 Å². The van der Waals surface area contributed by atoms with Gasteiger partial charge in [0, 0.05) is 39.1 Å². The van der Waals surface area contributed by atoms with Gasteiger partial charge < -0.3 is 10.2 Å². The van der Waals surface area contributed by atoms with E-state index in [0.29, 0.717) is 49.0 Å². The van der Waals surface area contributed by atoms with Crippen LogP contribution in [0.1, 0.15) is 12.8 Å². The van der Waals surface area contributed by atoms with Crippen molar-refractivity contribution in [2.45, 2.75) is 17.1 Å². The third kappa shape index (κ3) is 4.41. The number of piperazine rings is 1. The summed E-state index contributed by atoms with van der Waals surface area (Å²) in [7, 11) is -3.45. The standard InChI is InChI=1S/C20H24N4O4S2/c25-18(21-16-5-1-2-6-17(16)24-9-3-7-19(24)26)15-22-10-12-23(13-11-22)30(27,28)20-8-4-14-29-20/h1-2,4-6,8,14H,3,7,9-13,15H2,(H,21,25). The highest BCUT2D eigenvalue weighted by Crippen LogP contribution is 2.29. The minimum Gasteiger partial charge on any atom is -0.323 e. The number of hydrogen-bond acceptors (Lipinski definition) is 6. The van der Waals surface area contributed by atoms with Gasteiger partial charge in [0.15, 0.2) is 0 Å². The number of sulfonamides is 1. The van der Waals surface area contributed by atoms with Crippen molar-refractivity contribution in [3.8, 4) is 0 Å². The van der Waals surface area contributed by atoms with E-state index in [2.05, 4.69) is 5.32 Å². The summed E-state index contributed by atoms with van der Waals surface area (Å²) >= 11 is 1.21. The van der Waals surface area contributed by atoms with Crippen LogP contribution in [0.25, 0.3) is 0 Å². The number of carbonyl (C=O) groups is 2. The molecule has 0 radical (unpaired) electrons. The van der Waals surface area contributed by atoms with E-state index in [0.717, 1.165) is 12.1 Å². The summed E-state index contributed by atoms with van der Waals surface area (Å²) in [6.07, 6.45) is 1.35. The lowest BCUT2D eigenvalue weighted by molar-refractivity contribution is -0.118. The Morgan fingerprint density at radius 3 is 2.47 bits per heavy atom. The van der Waals surface area contributed by atoms with Gasteiger partial charge in [0.05, 0.1) is 17.9 Å². The predicted octanol–water partition coefficient (Wildman–Crippen LogP) is 1.82. The van der Waals surface area contributed by atoms with Crippen LogP contribution < -0.4 is 10.2 Å². The third-order valence-corrected chi connectivity index (χ3v) is 8.60. The van der Waals surface area contributed by atoms with E-state index >= 15 is 0 Å². The fourth-order valence-corrected chi connectivity index (χ4v) is 6.34. The van der Waals surface area contributed by atoms with Crippen LogP contribution in [0.4, 0.5) is 11.4 Å². The molecule has 2 amide bonds. The van der Waals surface area contributed by atoms with E-state index in [1.54, 1.807) is 28.5 Å². The normalized spacial score (nSPS) is 18.7. The molecule has 10 heteroatoms. The average Bonchev–Trinajstić information content (AvgIpc) is 3.41. The largest absolute Gasteiger partial charge is 0.323 e. The lowest BCUT2D eigenvalue weighted by Gasteiger charge is -2.33. The Kier molecular flexibility index (Phi) is 6.19. The van der Waals surface area contributed by atoms with Crippen LogP contribution in [-0.4, -0.2) is 68.7 Å². The van der Waals surface area contributed by atoms with E-state index in [1.165, 1.54) is 15.6 Å². The number of para-hydroxylation sites is 2. The molecule has 2 fully saturated rings. The second-order valence-corrected chi connectivity index (χ2v) is 10.4. The molecule has 1 N–H and O–H groups in total. The molecule has 2 aliphatic rings. The van der Waals surface area contributed by atoms with Crippen molar-refractivity contribution >= 4 is 44.5 Å². The van der Waals surface area contributed by atoms with Crippen LogP contribution in [0.15, 0.2) is 46.0 Å². The number of anilines is 2. The summed E-state index contributed by atoms with van der Waals surface area (Å²) in [5.41, 5.74) is 1.34. The first-order valence-corrected chi connectivity index (χ1v) is 12.2. The molecule has 2 aromatic rings. The molecule has 2 saturated heterocycles. The van der Waals surface area contributed by atoms with Crippen LogP contribution in [0.3, 0.4) is 0 Å². The second-order valence-electron chi connectivity index (χ2n) is 7.33. The number of rotatable bonds is 6. The van der Waals surface area contributed by atoms with E-state index < -0.39 is 10.0 Å². The van der Waals surface area contributed by atoms with Crippen molar-refractivity contribution in [3.63, 3.8) is 0 Å². The van der Waals surface area contributed by atoms with Gasteiger partial charge in [0.25, 0.3) is 10.0 Å². The first-order valence-electron chi connectivity index (χ1n) is 9.90. The minimum atomic E-state index is -3.45. The predicted molar refractivity (Wildman–Crippen MR) is 116 cm³/mol. The van der Waals surface area contributed by atoms with Crippen molar-refractivity contribution < 1.29 is 18.0 Å². The molecule has 4 rings (SSSR count). The Morgan fingerprint density at radius 2 is 1.80 bits per heavy atom. The molecule has 160 valence electrons. The molecular formula is C20H24N4O4S2. The number of benzene rings is 1. The molecule has 3 heterocycles. The molecule has 1 aromatic heterocycles. The highest BCUT2D eigenvalue weighted by molar-refractivity contribution is 7.91. The number of amides is 2. The highest BCUT2D eigenvalue weighted by Gasteiger charge is 2.30. The maximum Gasteiger partial charge on any atom is 0.252 e. The molecule has 0 unspecified atom stereocenters. The minimum absolute atomic E-state index is 0.0692. The zero-order chi connectivity index (χ0) is 21.1. The van der Waals surface area contributed by atoms with Gasteiger partial charge in [0.2, 0.25) is 11.8 Å². The lowest BCUT2D eigenvalue weighted by Crippen LogP contribution is -2.50. The SMILES string of the molecule is O=C(CN1CCN(S(=O)(=O)c2cccs2)CC1)Nc1ccccc1N1CCCC1=O. The molecule has 2 aliphatic heterocycles. The Hall–Kier alpha value is -2.27. The quantitative estimate of drug-likeness (QED) is 0.728. The van der Waals surface area contributed by atoms with Gasteiger partial charge in [-0.15, -0.1) is 11.3 Å². The van der Waals surface area contributed by atoms with E-state index in [9.17, 15) is 18.0 Å². The van der Waals surface area contributed by atoms with Crippen molar-refractivity contribution in [1.82, 2.24) is 9.21 Å². The molecule has 1 aromatic carbocycles. The molecule has 0 aliphatic carbocycles. The van der Waals surface area contributed by atoms with Gasteiger partial charge in [-0.2, -0.15) is 4.31 Å². The molecule has 0 bridgehead atoms. The smallest absolute Gasteiger partial charge is 0.252 e. The molecular weight excluding hydrogens is 424 g/mol. The Morgan fingerprint density at radius 1 is 1.03 bits per heavy atom. The van der Waals surface area contributed by atoms with E-state index in [1.807, 2.05) is 23.1 Å². The summed E-state index contributed by atoms with van der Waals surface area (Å²) in [6, 6.07) is 10.7. The summed E-state index contributed by atoms with van der Waals surface area (Å²) in [5.74, 6) is -0.108. The van der Waals surface area contributed by atoms with Gasteiger partial charge in [-0.05, 0) is 30.0 Å². The highest BCUT2D eigenvalue weighted by atomic mass is 32.2. The van der Waals surface area contributed by atoms with Crippen LogP contribution in [0.5, 0.6) is 0 Å². The number of hydrogen-bond donors (Lipinski definition) is 1. The summed E-state index contributed by atoms with van der Waals surface area (Å²) in [4.78, 5) is 28.3. The van der Waals surface area contributed by atoms with Crippen LogP contribution in [-0.2, 0) is 19.6 Å². The molecule has 8 nitrogen and oxygen atoms in total. The number of thiophene rings is 1. The topological polar surface area (TPSA) is 90.0 Å². The summed E-state index contributed by atoms with van der Waals surface area (Å²) < 4.78 is 27.1. The molecule has 0 saturated carbocycles. The first-order chi connectivity index (χ1) is 14.4. The van der Waals surface area contributed by atoms with Crippen LogP contribution in [0, 0.1) is 0 Å². The monoisotopic (exact) mass is 448 g/mol. The zero-order valence-electron chi connectivity index (χ0n) is 16.5. The Labute approximate surface area is 180 Å². The first kappa shape index (κ1) is 21.0. The fourth-order valence-electron chi connectivity index (χ4n) is 3.78. The van der Waals surface area contributed by atoms with E-state index in [4.69, 9.17) is 0 Å². The number of nitrogens with zero attached hydrogens (tertiary/aromatic N) is 3. The Bertz CT molecular complexity index is 1020. The Balaban J connectivity index is 1.34. The van der Waals surface area contributed by atoms with Crippen LogP contribution >= 0.6 is 11.3 Å². The molecule has 30 heavy (non-hydrogen) atoms.